The minimum atomic E-state index is -0.535. The van der Waals surface area contributed by atoms with Gasteiger partial charge in [-0.05, 0) is 19.9 Å². The Balaban J connectivity index is 4.50. The maximum Gasteiger partial charge on any atom is 0.323 e. The van der Waals surface area contributed by atoms with Crippen molar-refractivity contribution in [3.05, 3.63) is 0 Å². The third-order valence-electron chi connectivity index (χ3n) is 2.16. The summed E-state index contributed by atoms with van der Waals surface area (Å²) in [5, 5.41) is 2.81. The number of rotatable bonds is 6. The number of hydrogen-bond acceptors (Lipinski definition) is 4. The van der Waals surface area contributed by atoms with Gasteiger partial charge in [0, 0.05) is 5.92 Å². The van der Waals surface area contributed by atoms with Crippen molar-refractivity contribution in [2.45, 2.75) is 26.8 Å². The van der Waals surface area contributed by atoms with Crippen molar-refractivity contribution in [1.82, 2.24) is 5.32 Å². The van der Waals surface area contributed by atoms with Gasteiger partial charge in [0.25, 0.3) is 0 Å². The fourth-order valence-corrected chi connectivity index (χ4v) is 1.32. The van der Waals surface area contributed by atoms with Gasteiger partial charge in [-0.3, -0.25) is 4.79 Å². The summed E-state index contributed by atoms with van der Waals surface area (Å²) in [6.07, 6.45) is 0.808. The van der Waals surface area contributed by atoms with Crippen LogP contribution >= 0.6 is 0 Å². The van der Waals surface area contributed by atoms with Crippen LogP contribution in [0.4, 0.5) is 0 Å². The van der Waals surface area contributed by atoms with Crippen molar-refractivity contribution in [1.29, 1.82) is 0 Å². The summed E-state index contributed by atoms with van der Waals surface area (Å²) in [6.45, 7) is 5.89. The molecule has 0 aromatic carbocycles. The third-order valence-corrected chi connectivity index (χ3v) is 2.16. The topological polar surface area (TPSA) is 55.4 Å². The lowest BCUT2D eigenvalue weighted by Crippen LogP contribution is -2.44. The second-order valence-electron chi connectivity index (χ2n) is 3.48. The van der Waals surface area contributed by atoms with Crippen LogP contribution in [0.2, 0.25) is 0 Å². The molecule has 0 radical (unpaired) electrons. The molecular formula is C10H19NO3. The van der Waals surface area contributed by atoms with Gasteiger partial charge in [-0.1, -0.05) is 13.8 Å². The van der Waals surface area contributed by atoms with Gasteiger partial charge in [-0.15, -0.1) is 0 Å². The zero-order chi connectivity index (χ0) is 11.1. The Morgan fingerprint density at radius 2 is 2.07 bits per heavy atom. The molecular weight excluding hydrogens is 182 g/mol. The van der Waals surface area contributed by atoms with Gasteiger partial charge in [0.2, 0.25) is 0 Å². The predicted molar refractivity (Wildman–Crippen MR) is 53.9 cm³/mol. The molecule has 0 spiro atoms. The van der Waals surface area contributed by atoms with Crippen LogP contribution in [-0.2, 0) is 14.3 Å². The number of aldehydes is 1. The SMILES string of the molecule is CCOC(=O)[C@@H](NC)[C@H](C=O)C(C)C. The summed E-state index contributed by atoms with van der Waals surface area (Å²) < 4.78 is 4.87. The highest BCUT2D eigenvalue weighted by atomic mass is 16.5. The number of carbonyl (C=O) groups excluding carboxylic acids is 2. The highest BCUT2D eigenvalue weighted by molar-refractivity contribution is 5.80. The van der Waals surface area contributed by atoms with E-state index in [9.17, 15) is 9.59 Å². The van der Waals surface area contributed by atoms with Crippen LogP contribution in [0.25, 0.3) is 0 Å². The number of hydrogen-bond donors (Lipinski definition) is 1. The largest absolute Gasteiger partial charge is 0.465 e. The molecule has 0 aliphatic rings. The molecule has 2 atom stereocenters. The number of likely N-dealkylation sites (N-methyl/N-ethyl adjacent to an activating group) is 1. The quantitative estimate of drug-likeness (QED) is 0.505. The summed E-state index contributed by atoms with van der Waals surface area (Å²) in [5.41, 5.74) is 0. The molecule has 0 rings (SSSR count). The minimum Gasteiger partial charge on any atom is -0.465 e. The van der Waals surface area contributed by atoms with Crippen molar-refractivity contribution in [2.24, 2.45) is 11.8 Å². The summed E-state index contributed by atoms with van der Waals surface area (Å²) in [6, 6.07) is -0.535. The Hall–Kier alpha value is -0.900. The molecule has 0 aromatic heterocycles. The van der Waals surface area contributed by atoms with E-state index >= 15 is 0 Å². The molecule has 0 unspecified atom stereocenters. The van der Waals surface area contributed by atoms with Crippen molar-refractivity contribution in [3.8, 4) is 0 Å². The zero-order valence-corrected chi connectivity index (χ0v) is 9.24. The summed E-state index contributed by atoms with van der Waals surface area (Å²) >= 11 is 0. The van der Waals surface area contributed by atoms with Crippen LogP contribution in [0.5, 0.6) is 0 Å². The molecule has 1 N–H and O–H groups in total. The van der Waals surface area contributed by atoms with Gasteiger partial charge in [-0.2, -0.15) is 0 Å². The highest BCUT2D eigenvalue weighted by Crippen LogP contribution is 2.13. The van der Waals surface area contributed by atoms with Gasteiger partial charge >= 0.3 is 5.97 Å². The molecule has 0 aliphatic heterocycles. The van der Waals surface area contributed by atoms with Crippen LogP contribution in [0.15, 0.2) is 0 Å². The van der Waals surface area contributed by atoms with E-state index in [2.05, 4.69) is 5.32 Å². The molecule has 0 aromatic rings. The lowest BCUT2D eigenvalue weighted by atomic mass is 9.90. The maximum atomic E-state index is 11.4. The minimum absolute atomic E-state index is 0.120. The number of carbonyl (C=O) groups is 2. The molecule has 0 heterocycles. The molecule has 4 heteroatoms. The number of esters is 1. The highest BCUT2D eigenvalue weighted by Gasteiger charge is 2.29. The fraction of sp³-hybridized carbons (Fsp3) is 0.800. The maximum absolute atomic E-state index is 11.4. The first kappa shape index (κ1) is 13.1. The normalized spacial score (nSPS) is 14.9. The van der Waals surface area contributed by atoms with Crippen molar-refractivity contribution >= 4 is 12.3 Å². The predicted octanol–water partition coefficient (Wildman–Crippen LogP) is 0.609. The summed E-state index contributed by atoms with van der Waals surface area (Å²) in [4.78, 5) is 22.2. The van der Waals surface area contributed by atoms with Crippen molar-refractivity contribution in [3.63, 3.8) is 0 Å². The first-order chi connectivity index (χ1) is 6.58. The van der Waals surface area contributed by atoms with E-state index in [1.165, 1.54) is 0 Å². The average molecular weight is 201 g/mol. The van der Waals surface area contributed by atoms with E-state index in [0.717, 1.165) is 6.29 Å². The number of ether oxygens (including phenoxy) is 1. The monoisotopic (exact) mass is 201 g/mol. The van der Waals surface area contributed by atoms with Crippen LogP contribution in [0.1, 0.15) is 20.8 Å². The van der Waals surface area contributed by atoms with E-state index < -0.39 is 6.04 Å². The van der Waals surface area contributed by atoms with Crippen LogP contribution < -0.4 is 5.32 Å². The second kappa shape index (κ2) is 6.54. The lowest BCUT2D eigenvalue weighted by Gasteiger charge is -2.23. The molecule has 14 heavy (non-hydrogen) atoms. The van der Waals surface area contributed by atoms with Crippen molar-refractivity contribution < 1.29 is 14.3 Å². The molecule has 0 saturated carbocycles. The Morgan fingerprint density at radius 3 is 2.36 bits per heavy atom. The molecule has 4 nitrogen and oxygen atoms in total. The smallest absolute Gasteiger partial charge is 0.323 e. The Kier molecular flexibility index (Phi) is 6.12. The van der Waals surface area contributed by atoms with Gasteiger partial charge < -0.3 is 14.8 Å². The van der Waals surface area contributed by atoms with E-state index in [-0.39, 0.29) is 17.8 Å². The molecule has 82 valence electrons. The zero-order valence-electron chi connectivity index (χ0n) is 9.24. The molecule has 0 aliphatic carbocycles. The van der Waals surface area contributed by atoms with Gasteiger partial charge in [0.15, 0.2) is 0 Å². The van der Waals surface area contributed by atoms with Crippen LogP contribution in [-0.4, -0.2) is 32.0 Å². The summed E-state index contributed by atoms with van der Waals surface area (Å²) in [7, 11) is 1.65. The number of nitrogens with one attached hydrogen (secondary N) is 1. The third kappa shape index (κ3) is 3.46. The molecule has 0 saturated heterocycles. The first-order valence-electron chi connectivity index (χ1n) is 4.87. The molecule has 0 fully saturated rings. The van der Waals surface area contributed by atoms with E-state index in [1.54, 1.807) is 14.0 Å². The van der Waals surface area contributed by atoms with Crippen LogP contribution in [0.3, 0.4) is 0 Å². The standard InChI is InChI=1S/C10H19NO3/c1-5-14-10(13)9(11-4)8(6-12)7(2)3/h6-9,11H,5H2,1-4H3/t8-,9+/m1/s1. The Bertz CT molecular complexity index is 192. The Morgan fingerprint density at radius 1 is 1.50 bits per heavy atom. The average Bonchev–Trinajstić information content (AvgIpc) is 2.13. The lowest BCUT2D eigenvalue weighted by molar-refractivity contribution is -0.148. The first-order valence-corrected chi connectivity index (χ1v) is 4.87. The van der Waals surface area contributed by atoms with Gasteiger partial charge in [-0.25, -0.2) is 0 Å². The van der Waals surface area contributed by atoms with Crippen LogP contribution in [0, 0.1) is 11.8 Å². The van der Waals surface area contributed by atoms with E-state index in [4.69, 9.17) is 4.74 Å². The van der Waals surface area contributed by atoms with E-state index in [1.807, 2.05) is 13.8 Å². The van der Waals surface area contributed by atoms with Gasteiger partial charge in [0.1, 0.15) is 12.3 Å². The fourth-order valence-electron chi connectivity index (χ4n) is 1.32. The molecule has 0 bridgehead atoms. The van der Waals surface area contributed by atoms with Crippen molar-refractivity contribution in [2.75, 3.05) is 13.7 Å². The van der Waals surface area contributed by atoms with E-state index in [0.29, 0.717) is 6.61 Å². The second-order valence-corrected chi connectivity index (χ2v) is 3.48. The molecule has 0 amide bonds. The summed E-state index contributed by atoms with van der Waals surface area (Å²) in [5.74, 6) is -0.575. The Labute approximate surface area is 85.0 Å². The van der Waals surface area contributed by atoms with Gasteiger partial charge in [0.05, 0.1) is 6.61 Å².